The number of alkyl halides is 1. The first-order valence-electron chi connectivity index (χ1n) is 5.85. The van der Waals surface area contributed by atoms with E-state index in [-0.39, 0.29) is 11.7 Å². The van der Waals surface area contributed by atoms with Crippen molar-refractivity contribution in [2.45, 2.75) is 12.3 Å². The highest BCUT2D eigenvalue weighted by molar-refractivity contribution is 6.42. The molecule has 0 radical (unpaired) electrons. The second-order valence-electron chi connectivity index (χ2n) is 4.36. The molecule has 1 unspecified atom stereocenters. The number of hydrogen-bond acceptors (Lipinski definition) is 0. The SMILES string of the molecule is Fc1ccc(C(CCl)Cc2ccc(Cl)c(Cl)c2)cc1. The maximum Gasteiger partial charge on any atom is 0.123 e. The van der Waals surface area contributed by atoms with E-state index in [4.69, 9.17) is 34.8 Å². The Kier molecular flexibility index (Phi) is 5.09. The van der Waals surface area contributed by atoms with Crippen LogP contribution in [0.15, 0.2) is 42.5 Å². The van der Waals surface area contributed by atoms with Gasteiger partial charge in [0.1, 0.15) is 5.82 Å². The molecule has 0 amide bonds. The van der Waals surface area contributed by atoms with E-state index in [1.807, 2.05) is 12.1 Å². The third kappa shape index (κ3) is 3.85. The van der Waals surface area contributed by atoms with Crippen LogP contribution in [-0.2, 0) is 6.42 Å². The van der Waals surface area contributed by atoms with Crippen LogP contribution in [0.3, 0.4) is 0 Å². The molecule has 0 aliphatic rings. The molecule has 0 aromatic heterocycles. The zero-order valence-corrected chi connectivity index (χ0v) is 12.3. The molecule has 2 rings (SSSR count). The molecule has 100 valence electrons. The molecule has 0 spiro atoms. The van der Waals surface area contributed by atoms with Gasteiger partial charge >= 0.3 is 0 Å². The molecule has 0 aliphatic heterocycles. The fourth-order valence-electron chi connectivity index (χ4n) is 1.95. The fourth-order valence-corrected chi connectivity index (χ4v) is 2.56. The lowest BCUT2D eigenvalue weighted by molar-refractivity contribution is 0.625. The summed E-state index contributed by atoms with van der Waals surface area (Å²) >= 11 is 17.9. The largest absolute Gasteiger partial charge is 0.207 e. The van der Waals surface area contributed by atoms with Crippen molar-refractivity contribution in [3.05, 3.63) is 69.5 Å². The Bertz CT molecular complexity index is 552. The van der Waals surface area contributed by atoms with E-state index in [1.54, 1.807) is 18.2 Å². The maximum absolute atomic E-state index is 12.9. The molecule has 2 aromatic carbocycles. The van der Waals surface area contributed by atoms with Gasteiger partial charge in [-0.25, -0.2) is 4.39 Å². The van der Waals surface area contributed by atoms with Gasteiger partial charge in [-0.3, -0.25) is 0 Å². The summed E-state index contributed by atoms with van der Waals surface area (Å²) in [6.45, 7) is 0. The van der Waals surface area contributed by atoms with Gasteiger partial charge in [-0.1, -0.05) is 41.4 Å². The second-order valence-corrected chi connectivity index (χ2v) is 5.48. The molecule has 1 atom stereocenters. The number of rotatable bonds is 4. The van der Waals surface area contributed by atoms with E-state index in [1.165, 1.54) is 12.1 Å². The van der Waals surface area contributed by atoms with Crippen LogP contribution in [0.2, 0.25) is 10.0 Å². The van der Waals surface area contributed by atoms with Gasteiger partial charge in [-0.15, -0.1) is 11.6 Å². The zero-order valence-electron chi connectivity index (χ0n) is 10.0. The van der Waals surface area contributed by atoms with Gasteiger partial charge in [0.2, 0.25) is 0 Å². The summed E-state index contributed by atoms with van der Waals surface area (Å²) < 4.78 is 12.9. The third-order valence-electron chi connectivity index (χ3n) is 2.99. The van der Waals surface area contributed by atoms with Crippen molar-refractivity contribution in [1.29, 1.82) is 0 Å². The van der Waals surface area contributed by atoms with Crippen LogP contribution in [-0.4, -0.2) is 5.88 Å². The average Bonchev–Trinajstić information content (AvgIpc) is 2.41. The summed E-state index contributed by atoms with van der Waals surface area (Å²) in [7, 11) is 0. The van der Waals surface area contributed by atoms with Crippen molar-refractivity contribution in [1.82, 2.24) is 0 Å². The molecule has 2 aromatic rings. The van der Waals surface area contributed by atoms with E-state index < -0.39 is 0 Å². The van der Waals surface area contributed by atoms with Gasteiger partial charge in [0.05, 0.1) is 10.0 Å². The standard InChI is InChI=1S/C15H12Cl3F/c16-9-12(11-2-4-13(19)5-3-11)7-10-1-6-14(17)15(18)8-10/h1-6,8,12H,7,9H2. The molecule has 4 heteroatoms. The van der Waals surface area contributed by atoms with Crippen LogP contribution < -0.4 is 0 Å². The lowest BCUT2D eigenvalue weighted by Crippen LogP contribution is -2.05. The van der Waals surface area contributed by atoms with Crippen LogP contribution in [0.1, 0.15) is 17.0 Å². The van der Waals surface area contributed by atoms with Crippen LogP contribution in [0.4, 0.5) is 4.39 Å². The molecular weight excluding hydrogens is 306 g/mol. The molecule has 0 N–H and O–H groups in total. The molecule has 0 nitrogen and oxygen atoms in total. The molecule has 0 fully saturated rings. The Morgan fingerprint density at radius 2 is 1.63 bits per heavy atom. The lowest BCUT2D eigenvalue weighted by atomic mass is 9.93. The highest BCUT2D eigenvalue weighted by atomic mass is 35.5. The van der Waals surface area contributed by atoms with Crippen LogP contribution in [0, 0.1) is 5.82 Å². The molecular formula is C15H12Cl3F. The molecule has 19 heavy (non-hydrogen) atoms. The van der Waals surface area contributed by atoms with Gasteiger partial charge in [-0.05, 0) is 41.8 Å². The Hall–Kier alpha value is -0.760. The third-order valence-corrected chi connectivity index (χ3v) is 4.11. The second kappa shape index (κ2) is 6.60. The Balaban J connectivity index is 2.18. The minimum Gasteiger partial charge on any atom is -0.207 e. The van der Waals surface area contributed by atoms with Gasteiger partial charge in [0.15, 0.2) is 0 Å². The van der Waals surface area contributed by atoms with Gasteiger partial charge in [0.25, 0.3) is 0 Å². The minimum absolute atomic E-state index is 0.125. The summed E-state index contributed by atoms with van der Waals surface area (Å²) in [6, 6.07) is 12.0. The topological polar surface area (TPSA) is 0 Å². The summed E-state index contributed by atoms with van der Waals surface area (Å²) in [5.41, 5.74) is 2.08. The fraction of sp³-hybridized carbons (Fsp3) is 0.200. The highest BCUT2D eigenvalue weighted by Gasteiger charge is 2.12. The van der Waals surface area contributed by atoms with Crippen LogP contribution >= 0.6 is 34.8 Å². The number of hydrogen-bond donors (Lipinski definition) is 0. The molecule has 0 saturated carbocycles. The first-order chi connectivity index (χ1) is 9.10. The molecule has 0 heterocycles. The summed E-state index contributed by atoms with van der Waals surface area (Å²) in [6.07, 6.45) is 0.742. The van der Waals surface area contributed by atoms with Gasteiger partial charge < -0.3 is 0 Å². The van der Waals surface area contributed by atoms with E-state index in [0.29, 0.717) is 15.9 Å². The lowest BCUT2D eigenvalue weighted by Gasteiger charge is -2.15. The van der Waals surface area contributed by atoms with Crippen molar-refractivity contribution in [3.63, 3.8) is 0 Å². The van der Waals surface area contributed by atoms with Crippen molar-refractivity contribution >= 4 is 34.8 Å². The van der Waals surface area contributed by atoms with E-state index in [9.17, 15) is 4.39 Å². The number of halogens is 4. The highest BCUT2D eigenvalue weighted by Crippen LogP contribution is 2.27. The predicted molar refractivity (Wildman–Crippen MR) is 80.0 cm³/mol. The van der Waals surface area contributed by atoms with Gasteiger partial charge in [0, 0.05) is 11.8 Å². The number of benzene rings is 2. The van der Waals surface area contributed by atoms with Crippen molar-refractivity contribution in [2.75, 3.05) is 5.88 Å². The quantitative estimate of drug-likeness (QED) is 0.635. The van der Waals surface area contributed by atoms with E-state index in [0.717, 1.165) is 17.5 Å². The minimum atomic E-state index is -0.244. The average molecular weight is 318 g/mol. The van der Waals surface area contributed by atoms with Crippen LogP contribution in [0.5, 0.6) is 0 Å². The Morgan fingerprint density at radius 3 is 2.21 bits per heavy atom. The molecule has 0 bridgehead atoms. The normalized spacial score (nSPS) is 12.4. The Morgan fingerprint density at radius 1 is 0.947 bits per heavy atom. The van der Waals surface area contributed by atoms with E-state index >= 15 is 0 Å². The first kappa shape index (κ1) is 14.6. The van der Waals surface area contributed by atoms with Crippen molar-refractivity contribution in [3.8, 4) is 0 Å². The van der Waals surface area contributed by atoms with Crippen LogP contribution in [0.25, 0.3) is 0 Å². The van der Waals surface area contributed by atoms with Crippen molar-refractivity contribution in [2.24, 2.45) is 0 Å². The maximum atomic E-state index is 12.9. The van der Waals surface area contributed by atoms with Gasteiger partial charge in [-0.2, -0.15) is 0 Å². The first-order valence-corrected chi connectivity index (χ1v) is 7.14. The molecule has 0 aliphatic carbocycles. The predicted octanol–water partition coefficient (Wildman–Crippen LogP) is 5.70. The summed E-state index contributed by atoms with van der Waals surface area (Å²) in [5.74, 6) is 0.345. The molecule has 0 saturated heterocycles. The Labute approximate surface area is 127 Å². The summed E-state index contributed by atoms with van der Waals surface area (Å²) in [4.78, 5) is 0. The van der Waals surface area contributed by atoms with E-state index in [2.05, 4.69) is 0 Å². The smallest absolute Gasteiger partial charge is 0.123 e. The summed E-state index contributed by atoms with van der Waals surface area (Å²) in [5, 5.41) is 1.07. The monoisotopic (exact) mass is 316 g/mol. The van der Waals surface area contributed by atoms with Crippen molar-refractivity contribution < 1.29 is 4.39 Å². The zero-order chi connectivity index (χ0) is 13.8.